The maximum Gasteiger partial charge on any atom is 0.322 e. The standard InChI is InChI=1S/C12H13N3O3/c13-10(16)6-8-4-2-1-3-7(8)5-9-11(17)15-12(18)14-9/h1-4,9H,5-6H2,(H2,13,16)(H2,14,15,17,18). The molecule has 4 N–H and O–H groups in total. The second-order valence-electron chi connectivity index (χ2n) is 4.13. The van der Waals surface area contributed by atoms with Gasteiger partial charge in [-0.05, 0) is 11.1 Å². The monoisotopic (exact) mass is 247 g/mol. The zero-order chi connectivity index (χ0) is 13.1. The molecule has 0 aliphatic carbocycles. The van der Waals surface area contributed by atoms with Crippen LogP contribution in [-0.2, 0) is 22.4 Å². The van der Waals surface area contributed by atoms with Gasteiger partial charge in [-0.25, -0.2) is 4.79 Å². The van der Waals surface area contributed by atoms with Gasteiger partial charge in [0.2, 0.25) is 5.91 Å². The van der Waals surface area contributed by atoms with E-state index in [0.717, 1.165) is 11.1 Å². The number of rotatable bonds is 4. The van der Waals surface area contributed by atoms with Gasteiger partial charge in [0.1, 0.15) is 6.04 Å². The molecule has 0 spiro atoms. The lowest BCUT2D eigenvalue weighted by Gasteiger charge is -2.11. The molecule has 6 heteroatoms. The highest BCUT2D eigenvalue weighted by molar-refractivity contribution is 6.04. The van der Waals surface area contributed by atoms with Crippen LogP contribution in [0.1, 0.15) is 11.1 Å². The second-order valence-corrected chi connectivity index (χ2v) is 4.13. The molecule has 0 aromatic heterocycles. The summed E-state index contributed by atoms with van der Waals surface area (Å²) in [5.74, 6) is -0.781. The number of carbonyl (C=O) groups is 3. The highest BCUT2D eigenvalue weighted by Gasteiger charge is 2.29. The van der Waals surface area contributed by atoms with Crippen LogP contribution in [0, 0.1) is 0 Å². The van der Waals surface area contributed by atoms with E-state index in [9.17, 15) is 14.4 Å². The summed E-state index contributed by atoms with van der Waals surface area (Å²) in [4.78, 5) is 33.4. The van der Waals surface area contributed by atoms with Crippen LogP contribution in [0.15, 0.2) is 24.3 Å². The summed E-state index contributed by atoms with van der Waals surface area (Å²) < 4.78 is 0. The quantitative estimate of drug-likeness (QED) is 0.623. The molecule has 94 valence electrons. The third kappa shape index (κ3) is 2.65. The van der Waals surface area contributed by atoms with E-state index in [2.05, 4.69) is 10.6 Å². The fourth-order valence-corrected chi connectivity index (χ4v) is 1.94. The summed E-state index contributed by atoms with van der Waals surface area (Å²) in [7, 11) is 0. The van der Waals surface area contributed by atoms with Crippen molar-refractivity contribution >= 4 is 17.8 Å². The van der Waals surface area contributed by atoms with Crippen molar-refractivity contribution in [1.82, 2.24) is 10.6 Å². The smallest absolute Gasteiger partial charge is 0.322 e. The minimum absolute atomic E-state index is 0.123. The SMILES string of the molecule is NC(=O)Cc1ccccc1CC1NC(=O)NC1=O. The maximum atomic E-state index is 11.4. The van der Waals surface area contributed by atoms with E-state index in [-0.39, 0.29) is 12.3 Å². The molecule has 0 saturated carbocycles. The van der Waals surface area contributed by atoms with Gasteiger partial charge in [0.15, 0.2) is 0 Å². The molecular weight excluding hydrogens is 234 g/mol. The molecular formula is C12H13N3O3. The number of nitrogens with two attached hydrogens (primary N) is 1. The number of hydrogen-bond donors (Lipinski definition) is 3. The van der Waals surface area contributed by atoms with E-state index in [0.29, 0.717) is 6.42 Å². The van der Waals surface area contributed by atoms with Gasteiger partial charge < -0.3 is 11.1 Å². The van der Waals surface area contributed by atoms with Crippen LogP contribution < -0.4 is 16.4 Å². The molecule has 2 rings (SSSR count). The lowest BCUT2D eigenvalue weighted by Crippen LogP contribution is -2.31. The van der Waals surface area contributed by atoms with Crippen LogP contribution in [-0.4, -0.2) is 23.9 Å². The lowest BCUT2D eigenvalue weighted by atomic mass is 9.98. The fourth-order valence-electron chi connectivity index (χ4n) is 1.94. The molecule has 1 unspecified atom stereocenters. The van der Waals surface area contributed by atoms with Crippen molar-refractivity contribution in [2.75, 3.05) is 0 Å². The van der Waals surface area contributed by atoms with Gasteiger partial charge in [0.25, 0.3) is 5.91 Å². The van der Waals surface area contributed by atoms with Crippen LogP contribution in [0.5, 0.6) is 0 Å². The first kappa shape index (κ1) is 12.1. The largest absolute Gasteiger partial charge is 0.369 e. The molecule has 1 saturated heterocycles. The number of benzene rings is 1. The van der Waals surface area contributed by atoms with Crippen LogP contribution in [0.25, 0.3) is 0 Å². The Kier molecular flexibility index (Phi) is 3.27. The van der Waals surface area contributed by atoms with Crippen molar-refractivity contribution in [3.63, 3.8) is 0 Å². The second kappa shape index (κ2) is 4.87. The zero-order valence-electron chi connectivity index (χ0n) is 9.60. The average Bonchev–Trinajstić information content (AvgIpc) is 2.59. The molecule has 18 heavy (non-hydrogen) atoms. The van der Waals surface area contributed by atoms with Gasteiger partial charge >= 0.3 is 6.03 Å². The van der Waals surface area contributed by atoms with Crippen molar-refractivity contribution in [1.29, 1.82) is 0 Å². The first-order valence-corrected chi connectivity index (χ1v) is 5.52. The van der Waals surface area contributed by atoms with Crippen molar-refractivity contribution in [3.8, 4) is 0 Å². The molecule has 1 fully saturated rings. The summed E-state index contributed by atoms with van der Waals surface area (Å²) in [6.07, 6.45) is 0.472. The molecule has 1 aromatic rings. The topological polar surface area (TPSA) is 101 Å². The van der Waals surface area contributed by atoms with Gasteiger partial charge in [0.05, 0.1) is 6.42 Å². The van der Waals surface area contributed by atoms with Crippen molar-refractivity contribution in [2.45, 2.75) is 18.9 Å². The molecule has 1 aliphatic heterocycles. The van der Waals surface area contributed by atoms with Crippen LogP contribution >= 0.6 is 0 Å². The maximum absolute atomic E-state index is 11.4. The number of nitrogens with one attached hydrogen (secondary N) is 2. The number of primary amides is 1. The summed E-state index contributed by atoms with van der Waals surface area (Å²) >= 11 is 0. The summed E-state index contributed by atoms with van der Waals surface area (Å²) in [6, 6.07) is 6.14. The third-order valence-corrected chi connectivity index (χ3v) is 2.77. The number of imide groups is 1. The molecule has 6 nitrogen and oxygen atoms in total. The molecule has 1 aromatic carbocycles. The summed E-state index contributed by atoms with van der Waals surface area (Å²) in [5.41, 5.74) is 6.77. The van der Waals surface area contributed by atoms with Gasteiger partial charge in [0, 0.05) is 6.42 Å². The Morgan fingerprint density at radius 2 is 1.89 bits per heavy atom. The number of amides is 4. The Labute approximate surface area is 104 Å². The van der Waals surface area contributed by atoms with Crippen molar-refractivity contribution in [2.24, 2.45) is 5.73 Å². The Morgan fingerprint density at radius 3 is 2.44 bits per heavy atom. The number of urea groups is 1. The van der Waals surface area contributed by atoms with E-state index in [1.165, 1.54) is 0 Å². The molecule has 0 radical (unpaired) electrons. The normalized spacial score (nSPS) is 18.3. The minimum Gasteiger partial charge on any atom is -0.369 e. The van der Waals surface area contributed by atoms with E-state index in [1.807, 2.05) is 12.1 Å². The fraction of sp³-hybridized carbons (Fsp3) is 0.250. The van der Waals surface area contributed by atoms with Crippen molar-refractivity contribution < 1.29 is 14.4 Å². The Balaban J connectivity index is 2.16. The summed E-state index contributed by atoms with van der Waals surface area (Å²) in [5, 5.41) is 4.68. The van der Waals surface area contributed by atoms with Crippen molar-refractivity contribution in [3.05, 3.63) is 35.4 Å². The predicted octanol–water partition coefficient (Wildman–Crippen LogP) is -0.535. The highest BCUT2D eigenvalue weighted by atomic mass is 16.2. The Bertz CT molecular complexity index is 513. The van der Waals surface area contributed by atoms with E-state index in [4.69, 9.17) is 5.73 Å². The average molecular weight is 247 g/mol. The van der Waals surface area contributed by atoms with Crippen LogP contribution in [0.2, 0.25) is 0 Å². The first-order chi connectivity index (χ1) is 8.56. The zero-order valence-corrected chi connectivity index (χ0v) is 9.60. The van der Waals surface area contributed by atoms with Gasteiger partial charge in [-0.2, -0.15) is 0 Å². The molecule has 4 amide bonds. The first-order valence-electron chi connectivity index (χ1n) is 5.52. The molecule has 1 heterocycles. The lowest BCUT2D eigenvalue weighted by molar-refractivity contribution is -0.120. The van der Waals surface area contributed by atoms with Crippen LogP contribution in [0.4, 0.5) is 4.79 Å². The summed E-state index contributed by atoms with van der Waals surface area (Å²) in [6.45, 7) is 0. The van der Waals surface area contributed by atoms with E-state index < -0.39 is 18.0 Å². The van der Waals surface area contributed by atoms with E-state index in [1.54, 1.807) is 12.1 Å². The van der Waals surface area contributed by atoms with E-state index >= 15 is 0 Å². The van der Waals surface area contributed by atoms with Crippen LogP contribution in [0.3, 0.4) is 0 Å². The van der Waals surface area contributed by atoms with Gasteiger partial charge in [-0.15, -0.1) is 0 Å². The van der Waals surface area contributed by atoms with Gasteiger partial charge in [-0.3, -0.25) is 14.9 Å². The Morgan fingerprint density at radius 1 is 1.22 bits per heavy atom. The predicted molar refractivity (Wildman–Crippen MR) is 63.5 cm³/mol. The Hall–Kier alpha value is -2.37. The highest BCUT2D eigenvalue weighted by Crippen LogP contribution is 2.13. The minimum atomic E-state index is -0.591. The van der Waals surface area contributed by atoms with Gasteiger partial charge in [-0.1, -0.05) is 24.3 Å². The molecule has 0 bridgehead atoms. The number of carbonyl (C=O) groups excluding carboxylic acids is 3. The molecule has 1 atom stereocenters. The third-order valence-electron chi connectivity index (χ3n) is 2.77. The molecule has 1 aliphatic rings. The number of hydrogen-bond acceptors (Lipinski definition) is 3.